The van der Waals surface area contributed by atoms with E-state index in [4.69, 9.17) is 15.2 Å². The summed E-state index contributed by atoms with van der Waals surface area (Å²) in [4.78, 5) is 24.2. The van der Waals surface area contributed by atoms with Crippen molar-refractivity contribution in [2.24, 2.45) is 17.6 Å². The topological polar surface area (TPSA) is 111 Å². The molecular weight excluding hydrogens is 432 g/mol. The van der Waals surface area contributed by atoms with Crippen LogP contribution in [-0.4, -0.2) is 36.4 Å². The quantitative estimate of drug-likeness (QED) is 0.494. The molecule has 7 heteroatoms. The Labute approximate surface area is 203 Å². The van der Waals surface area contributed by atoms with Gasteiger partial charge in [0.25, 0.3) is 5.91 Å². The number of rotatable bonds is 2. The average Bonchev–Trinajstić information content (AvgIpc) is 2.75. The first-order chi connectivity index (χ1) is 16.1. The van der Waals surface area contributed by atoms with E-state index in [9.17, 15) is 14.7 Å². The molecule has 1 aliphatic rings. The van der Waals surface area contributed by atoms with Crippen LogP contribution < -0.4 is 11.1 Å². The zero-order valence-corrected chi connectivity index (χ0v) is 21.1. The number of aromatic hydroxyl groups is 1. The number of hydrogen-bond acceptors (Lipinski definition) is 5. The maximum absolute atomic E-state index is 12.7. The highest BCUT2D eigenvalue weighted by molar-refractivity contribution is 6.03. The molecule has 0 spiro atoms. The molecule has 0 aromatic heterocycles. The van der Waals surface area contributed by atoms with Crippen LogP contribution in [0.1, 0.15) is 65.4 Å². The van der Waals surface area contributed by atoms with Crippen LogP contribution in [-0.2, 0) is 20.7 Å². The summed E-state index contributed by atoms with van der Waals surface area (Å²) in [6.07, 6.45) is 7.51. The molecule has 0 aliphatic carbocycles. The third kappa shape index (κ3) is 8.86. The summed E-state index contributed by atoms with van der Waals surface area (Å²) in [6, 6.07) is 5.21. The first-order valence-electron chi connectivity index (χ1n) is 12.1. The fourth-order valence-corrected chi connectivity index (χ4v) is 4.56. The lowest BCUT2D eigenvalue weighted by Crippen LogP contribution is -2.29. The highest BCUT2D eigenvalue weighted by Gasteiger charge is 2.22. The third-order valence-electron chi connectivity index (χ3n) is 6.41. The first kappa shape index (κ1) is 27.4. The van der Waals surface area contributed by atoms with Gasteiger partial charge in [0.2, 0.25) is 0 Å². The molecule has 1 heterocycles. The molecule has 1 aromatic carbocycles. The van der Waals surface area contributed by atoms with E-state index < -0.39 is 12.2 Å². The van der Waals surface area contributed by atoms with Gasteiger partial charge in [-0.2, -0.15) is 0 Å². The molecule has 0 saturated carbocycles. The third-order valence-corrected chi connectivity index (χ3v) is 6.41. The molecule has 188 valence electrons. The Morgan fingerprint density at radius 3 is 2.50 bits per heavy atom. The Balaban J connectivity index is 2.31. The van der Waals surface area contributed by atoms with Gasteiger partial charge in [-0.15, -0.1) is 0 Å². The van der Waals surface area contributed by atoms with Crippen LogP contribution >= 0.6 is 0 Å². The van der Waals surface area contributed by atoms with Gasteiger partial charge in [-0.05, 0) is 87.5 Å². The van der Waals surface area contributed by atoms with Crippen LogP contribution in [0.4, 0.5) is 10.5 Å². The van der Waals surface area contributed by atoms with Gasteiger partial charge in [0.05, 0.1) is 6.10 Å². The van der Waals surface area contributed by atoms with Crippen molar-refractivity contribution in [3.8, 4) is 5.75 Å². The monoisotopic (exact) mass is 472 g/mol. The average molecular weight is 473 g/mol. The maximum Gasteiger partial charge on any atom is 0.405 e. The lowest BCUT2D eigenvalue weighted by molar-refractivity contribution is -0.112. The normalized spacial score (nSPS) is 28.7. The summed E-state index contributed by atoms with van der Waals surface area (Å²) in [5.41, 5.74) is 8.44. The number of hydrogen-bond donors (Lipinski definition) is 3. The zero-order valence-electron chi connectivity index (χ0n) is 21.1. The van der Waals surface area contributed by atoms with Crippen molar-refractivity contribution in [1.82, 2.24) is 0 Å². The van der Waals surface area contributed by atoms with Gasteiger partial charge in [0.15, 0.2) is 0 Å². The van der Waals surface area contributed by atoms with Gasteiger partial charge in [-0.1, -0.05) is 26.0 Å². The maximum atomic E-state index is 12.7. The van der Waals surface area contributed by atoms with Crippen molar-refractivity contribution in [1.29, 1.82) is 0 Å². The molecule has 0 radical (unpaired) electrons. The van der Waals surface area contributed by atoms with E-state index in [0.717, 1.165) is 43.2 Å². The molecule has 4 N–H and O–H groups in total. The Bertz CT molecular complexity index is 908. The summed E-state index contributed by atoms with van der Waals surface area (Å²) >= 11 is 0. The molecule has 1 aliphatic heterocycles. The number of primary amides is 1. The number of allylic oxidation sites excluding steroid dienone is 2. The Hall–Kier alpha value is -2.80. The lowest BCUT2D eigenvalue weighted by Gasteiger charge is -2.24. The highest BCUT2D eigenvalue weighted by Crippen LogP contribution is 2.26. The SMILES string of the molecule is CO[C@@H]1CC/C=C(\C)[C@H](OC(N)=O)[C@@H](C)CC/C=C(\C)C(=O)Nc2cc(O)cc(c2)C[C@@H](C)C1. The summed E-state index contributed by atoms with van der Waals surface area (Å²) in [6.45, 7) is 7.90. The Kier molecular flexibility index (Phi) is 10.6. The predicted octanol–water partition coefficient (Wildman–Crippen LogP) is 5.48. The van der Waals surface area contributed by atoms with Crippen LogP contribution in [0.25, 0.3) is 0 Å². The number of nitrogens with two attached hydrogens (primary N) is 1. The van der Waals surface area contributed by atoms with Crippen LogP contribution in [0.15, 0.2) is 41.5 Å². The number of benzene rings is 1. The van der Waals surface area contributed by atoms with Crippen molar-refractivity contribution in [3.05, 3.63) is 47.1 Å². The number of amides is 2. The second-order valence-corrected chi connectivity index (χ2v) is 9.57. The summed E-state index contributed by atoms with van der Waals surface area (Å²) in [7, 11) is 1.72. The first-order valence-corrected chi connectivity index (χ1v) is 12.1. The van der Waals surface area contributed by atoms with Gasteiger partial charge >= 0.3 is 6.09 Å². The number of anilines is 1. The Morgan fingerprint density at radius 2 is 1.82 bits per heavy atom. The second-order valence-electron chi connectivity index (χ2n) is 9.57. The van der Waals surface area contributed by atoms with Gasteiger partial charge in [-0.3, -0.25) is 4.79 Å². The summed E-state index contributed by atoms with van der Waals surface area (Å²) in [5, 5.41) is 13.1. The van der Waals surface area contributed by atoms with E-state index in [2.05, 4.69) is 18.3 Å². The number of phenolic OH excluding ortho intramolecular Hbond substituents is 1. The summed E-state index contributed by atoms with van der Waals surface area (Å²) < 4.78 is 11.2. The van der Waals surface area contributed by atoms with Gasteiger partial charge in [-0.25, -0.2) is 4.79 Å². The molecule has 2 amide bonds. The molecule has 2 rings (SSSR count). The zero-order chi connectivity index (χ0) is 25.3. The summed E-state index contributed by atoms with van der Waals surface area (Å²) in [5.74, 6) is 0.265. The van der Waals surface area contributed by atoms with Crippen molar-refractivity contribution in [2.75, 3.05) is 12.4 Å². The van der Waals surface area contributed by atoms with Gasteiger partial charge < -0.3 is 25.6 Å². The van der Waals surface area contributed by atoms with Crippen molar-refractivity contribution in [3.63, 3.8) is 0 Å². The van der Waals surface area contributed by atoms with E-state index in [1.807, 2.05) is 26.0 Å². The smallest absolute Gasteiger partial charge is 0.405 e. The minimum absolute atomic E-state index is 0.0322. The standard InChI is InChI=1S/C27H40N2O5/c1-17-12-21-14-22(16-23(30)15-21)29-26(31)20(4)10-6-8-18(2)25(34-27(28)32)19(3)9-7-11-24(13-17)33-5/h9-10,14-18,24-25,30H,6-8,11-13H2,1-5H3,(H2,28,32)(H,29,31)/b19-9+,20-10+/t17-,18+,24-,25-/m1/s1. The number of ether oxygens (including phenoxy) is 2. The molecule has 2 bridgehead atoms. The van der Waals surface area contributed by atoms with Crippen LogP contribution in [0, 0.1) is 11.8 Å². The van der Waals surface area contributed by atoms with Gasteiger partial charge in [0, 0.05) is 24.4 Å². The molecule has 0 unspecified atom stereocenters. The van der Waals surface area contributed by atoms with Crippen LogP contribution in [0.5, 0.6) is 5.75 Å². The van der Waals surface area contributed by atoms with E-state index in [1.165, 1.54) is 0 Å². The van der Waals surface area contributed by atoms with Crippen molar-refractivity contribution < 1.29 is 24.2 Å². The fourth-order valence-electron chi connectivity index (χ4n) is 4.56. The number of nitrogens with one attached hydrogen (secondary N) is 1. The predicted molar refractivity (Wildman–Crippen MR) is 135 cm³/mol. The van der Waals surface area contributed by atoms with E-state index >= 15 is 0 Å². The molecule has 1 aromatic rings. The lowest BCUT2D eigenvalue weighted by atomic mass is 9.91. The largest absolute Gasteiger partial charge is 0.508 e. The number of carbonyl (C=O) groups excluding carboxylic acids is 2. The number of fused-ring (bicyclic) bond motifs is 2. The highest BCUT2D eigenvalue weighted by atomic mass is 16.6. The van der Waals surface area contributed by atoms with Crippen LogP contribution in [0.3, 0.4) is 0 Å². The number of methoxy groups -OCH3 is 1. The Morgan fingerprint density at radius 1 is 1.12 bits per heavy atom. The van der Waals surface area contributed by atoms with E-state index in [-0.39, 0.29) is 23.7 Å². The minimum Gasteiger partial charge on any atom is -0.508 e. The molecule has 0 fully saturated rings. The van der Waals surface area contributed by atoms with Crippen LogP contribution in [0.2, 0.25) is 0 Å². The van der Waals surface area contributed by atoms with E-state index in [0.29, 0.717) is 23.6 Å². The van der Waals surface area contributed by atoms with Gasteiger partial charge in [0.1, 0.15) is 11.9 Å². The minimum atomic E-state index is -0.789. The van der Waals surface area contributed by atoms with E-state index in [1.54, 1.807) is 26.2 Å². The molecule has 7 nitrogen and oxygen atoms in total. The molecule has 34 heavy (non-hydrogen) atoms. The second kappa shape index (κ2) is 13.2. The number of phenols is 1. The molecule has 0 saturated heterocycles. The number of carbonyl (C=O) groups is 2. The van der Waals surface area contributed by atoms with Crippen molar-refractivity contribution in [2.45, 2.75) is 78.4 Å². The molecule has 4 atom stereocenters. The fraction of sp³-hybridized carbons (Fsp3) is 0.556. The molecular formula is C27H40N2O5. The van der Waals surface area contributed by atoms with Crippen molar-refractivity contribution >= 4 is 17.7 Å².